The van der Waals surface area contributed by atoms with E-state index in [4.69, 9.17) is 11.6 Å². The molecule has 0 spiro atoms. The number of benzene rings is 1. The Morgan fingerprint density at radius 2 is 2.22 bits per heavy atom. The van der Waals surface area contributed by atoms with Crippen LogP contribution in [0.15, 0.2) is 46.1 Å². The standard InChI is InChI=1S/C15H11BrClN5O/c1-22-13(11(16)8-19-22)15(23)21-18-7-10-6-9-4-2-3-5-12(9)20-14(10)17/h2-8H,1H3,(H,21,23)/b18-7-. The number of halogens is 2. The summed E-state index contributed by atoms with van der Waals surface area (Å²) in [5.41, 5.74) is 4.25. The van der Waals surface area contributed by atoms with Gasteiger partial charge in [-0.05, 0) is 28.1 Å². The lowest BCUT2D eigenvalue weighted by Crippen LogP contribution is -2.21. The van der Waals surface area contributed by atoms with E-state index >= 15 is 0 Å². The topological polar surface area (TPSA) is 72.2 Å². The molecule has 0 atom stereocenters. The highest BCUT2D eigenvalue weighted by Crippen LogP contribution is 2.19. The summed E-state index contributed by atoms with van der Waals surface area (Å²) >= 11 is 9.40. The van der Waals surface area contributed by atoms with Crippen LogP contribution in [0.4, 0.5) is 0 Å². The van der Waals surface area contributed by atoms with Crippen LogP contribution >= 0.6 is 27.5 Å². The van der Waals surface area contributed by atoms with Crippen molar-refractivity contribution in [1.82, 2.24) is 20.2 Å². The molecular weight excluding hydrogens is 382 g/mol. The largest absolute Gasteiger partial charge is 0.290 e. The average Bonchev–Trinajstić information content (AvgIpc) is 2.86. The predicted molar refractivity (Wildman–Crippen MR) is 92.7 cm³/mol. The second-order valence-electron chi connectivity index (χ2n) is 4.72. The number of carbonyl (C=O) groups excluding carboxylic acids is 1. The van der Waals surface area contributed by atoms with Crippen molar-refractivity contribution >= 4 is 50.6 Å². The minimum absolute atomic E-state index is 0.323. The number of carbonyl (C=O) groups is 1. The molecule has 23 heavy (non-hydrogen) atoms. The molecule has 0 saturated heterocycles. The molecule has 1 N–H and O–H groups in total. The van der Waals surface area contributed by atoms with Crippen LogP contribution in [0.2, 0.25) is 5.15 Å². The number of aryl methyl sites for hydroxylation is 1. The van der Waals surface area contributed by atoms with Crippen LogP contribution in [0, 0.1) is 0 Å². The van der Waals surface area contributed by atoms with E-state index in [2.05, 4.69) is 36.5 Å². The van der Waals surface area contributed by atoms with Crippen LogP contribution in [0.5, 0.6) is 0 Å². The van der Waals surface area contributed by atoms with Gasteiger partial charge in [-0.25, -0.2) is 10.4 Å². The molecule has 0 radical (unpaired) electrons. The third kappa shape index (κ3) is 3.25. The van der Waals surface area contributed by atoms with Gasteiger partial charge in [-0.3, -0.25) is 9.48 Å². The van der Waals surface area contributed by atoms with E-state index in [0.29, 0.717) is 20.9 Å². The van der Waals surface area contributed by atoms with Crippen LogP contribution in [-0.2, 0) is 7.05 Å². The lowest BCUT2D eigenvalue weighted by Gasteiger charge is -2.03. The molecule has 0 aliphatic rings. The van der Waals surface area contributed by atoms with Gasteiger partial charge in [0.2, 0.25) is 0 Å². The van der Waals surface area contributed by atoms with Gasteiger partial charge in [-0.1, -0.05) is 29.8 Å². The van der Waals surface area contributed by atoms with Crippen molar-refractivity contribution in [3.8, 4) is 0 Å². The monoisotopic (exact) mass is 391 g/mol. The summed E-state index contributed by atoms with van der Waals surface area (Å²) in [7, 11) is 1.67. The van der Waals surface area contributed by atoms with E-state index in [1.165, 1.54) is 10.9 Å². The summed E-state index contributed by atoms with van der Waals surface area (Å²) in [5, 5.41) is 9.18. The van der Waals surface area contributed by atoms with Gasteiger partial charge in [0.1, 0.15) is 10.8 Å². The summed E-state index contributed by atoms with van der Waals surface area (Å²) in [4.78, 5) is 16.4. The van der Waals surface area contributed by atoms with Crippen molar-refractivity contribution in [2.24, 2.45) is 12.1 Å². The normalized spacial score (nSPS) is 11.3. The first kappa shape index (κ1) is 15.6. The average molecular weight is 393 g/mol. The molecule has 1 aromatic carbocycles. The quantitative estimate of drug-likeness (QED) is 0.423. The molecule has 0 aliphatic heterocycles. The first-order valence-electron chi connectivity index (χ1n) is 6.62. The molecule has 116 valence electrons. The summed E-state index contributed by atoms with van der Waals surface area (Å²) in [5.74, 6) is -0.377. The number of rotatable bonds is 3. The summed E-state index contributed by atoms with van der Waals surface area (Å²) in [6.45, 7) is 0. The number of pyridine rings is 1. The minimum atomic E-state index is -0.377. The van der Waals surface area contributed by atoms with Gasteiger partial charge in [0.25, 0.3) is 5.91 Å². The first-order chi connectivity index (χ1) is 11.1. The van der Waals surface area contributed by atoms with Crippen molar-refractivity contribution < 1.29 is 4.79 Å². The third-order valence-electron chi connectivity index (χ3n) is 3.18. The smallest absolute Gasteiger partial charge is 0.266 e. The molecule has 0 unspecified atom stereocenters. The zero-order valence-corrected chi connectivity index (χ0v) is 14.3. The van der Waals surface area contributed by atoms with Crippen molar-refractivity contribution in [2.45, 2.75) is 0 Å². The zero-order chi connectivity index (χ0) is 16.4. The highest BCUT2D eigenvalue weighted by atomic mass is 79.9. The Balaban J connectivity index is 1.81. The van der Waals surface area contributed by atoms with Crippen LogP contribution in [-0.4, -0.2) is 26.9 Å². The molecule has 0 fully saturated rings. The number of nitrogens with one attached hydrogen (secondary N) is 1. The first-order valence-corrected chi connectivity index (χ1v) is 7.79. The molecular formula is C15H11BrClN5O. The van der Waals surface area contributed by atoms with Crippen LogP contribution in [0.3, 0.4) is 0 Å². The SMILES string of the molecule is Cn1ncc(Br)c1C(=O)N/N=C\c1cc2ccccc2nc1Cl. The van der Waals surface area contributed by atoms with Gasteiger partial charge in [0.05, 0.1) is 22.4 Å². The number of fused-ring (bicyclic) bond motifs is 1. The Bertz CT molecular complexity index is 902. The Kier molecular flexibility index (Phi) is 4.40. The number of amides is 1. The Morgan fingerprint density at radius 3 is 2.96 bits per heavy atom. The lowest BCUT2D eigenvalue weighted by molar-refractivity contribution is 0.0945. The maximum atomic E-state index is 12.1. The number of nitrogens with zero attached hydrogens (tertiary/aromatic N) is 4. The summed E-state index contributed by atoms with van der Waals surface area (Å²) in [6.07, 6.45) is 3.01. The molecule has 8 heteroatoms. The maximum absolute atomic E-state index is 12.1. The fourth-order valence-corrected chi connectivity index (χ4v) is 2.80. The van der Waals surface area contributed by atoms with Crippen LogP contribution in [0.1, 0.15) is 16.1 Å². The fraction of sp³-hybridized carbons (Fsp3) is 0.0667. The highest BCUT2D eigenvalue weighted by Gasteiger charge is 2.14. The molecule has 3 rings (SSSR count). The molecule has 2 heterocycles. The Labute approximate surface area is 145 Å². The van der Waals surface area contributed by atoms with Gasteiger partial charge < -0.3 is 0 Å². The molecule has 0 bridgehead atoms. The third-order valence-corrected chi connectivity index (χ3v) is 4.07. The van der Waals surface area contributed by atoms with E-state index in [-0.39, 0.29) is 5.91 Å². The summed E-state index contributed by atoms with van der Waals surface area (Å²) in [6, 6.07) is 9.48. The van der Waals surface area contributed by atoms with E-state index in [1.54, 1.807) is 13.2 Å². The molecule has 3 aromatic rings. The predicted octanol–water partition coefficient (Wildman–Crippen LogP) is 3.15. The van der Waals surface area contributed by atoms with E-state index in [9.17, 15) is 4.79 Å². The van der Waals surface area contributed by atoms with Crippen molar-refractivity contribution in [3.05, 3.63) is 57.4 Å². The van der Waals surface area contributed by atoms with E-state index in [1.807, 2.05) is 30.3 Å². The second kappa shape index (κ2) is 6.47. The highest BCUT2D eigenvalue weighted by molar-refractivity contribution is 9.10. The van der Waals surface area contributed by atoms with Crippen molar-refractivity contribution in [3.63, 3.8) is 0 Å². The molecule has 1 amide bonds. The zero-order valence-electron chi connectivity index (χ0n) is 12.0. The van der Waals surface area contributed by atoms with E-state index < -0.39 is 0 Å². The van der Waals surface area contributed by atoms with Crippen LogP contribution in [0.25, 0.3) is 10.9 Å². The van der Waals surface area contributed by atoms with Gasteiger partial charge in [-0.15, -0.1) is 0 Å². The van der Waals surface area contributed by atoms with Gasteiger partial charge in [-0.2, -0.15) is 10.2 Å². The Morgan fingerprint density at radius 1 is 1.43 bits per heavy atom. The van der Waals surface area contributed by atoms with Gasteiger partial charge >= 0.3 is 0 Å². The van der Waals surface area contributed by atoms with Gasteiger partial charge in [0, 0.05) is 18.0 Å². The number of para-hydroxylation sites is 1. The van der Waals surface area contributed by atoms with Crippen molar-refractivity contribution in [2.75, 3.05) is 0 Å². The number of aromatic nitrogens is 3. The molecule has 6 nitrogen and oxygen atoms in total. The van der Waals surface area contributed by atoms with Crippen molar-refractivity contribution in [1.29, 1.82) is 0 Å². The minimum Gasteiger partial charge on any atom is -0.266 e. The fourth-order valence-electron chi connectivity index (χ4n) is 2.08. The maximum Gasteiger partial charge on any atom is 0.290 e. The number of hydrogen-bond donors (Lipinski definition) is 1. The molecule has 0 aliphatic carbocycles. The van der Waals surface area contributed by atoms with E-state index in [0.717, 1.165) is 10.9 Å². The van der Waals surface area contributed by atoms with Crippen LogP contribution < -0.4 is 5.43 Å². The molecule has 0 saturated carbocycles. The number of hydrogen-bond acceptors (Lipinski definition) is 4. The summed E-state index contributed by atoms with van der Waals surface area (Å²) < 4.78 is 2.05. The Hall–Kier alpha value is -2.25. The second-order valence-corrected chi connectivity index (χ2v) is 5.94. The lowest BCUT2D eigenvalue weighted by atomic mass is 10.2. The van der Waals surface area contributed by atoms with Gasteiger partial charge in [0.15, 0.2) is 0 Å². The molecule has 2 aromatic heterocycles. The number of hydrazone groups is 1.